The van der Waals surface area contributed by atoms with E-state index in [2.05, 4.69) is 10.3 Å². The predicted molar refractivity (Wildman–Crippen MR) is 130 cm³/mol. The van der Waals surface area contributed by atoms with Gasteiger partial charge in [0.25, 0.3) is 5.91 Å². The van der Waals surface area contributed by atoms with Crippen molar-refractivity contribution >= 4 is 17.5 Å². The van der Waals surface area contributed by atoms with Crippen LogP contribution < -0.4 is 11.1 Å². The molecule has 1 aromatic heterocycles. The first-order valence-electron chi connectivity index (χ1n) is 11.4. The first kappa shape index (κ1) is 23.6. The van der Waals surface area contributed by atoms with E-state index in [1.54, 1.807) is 48.8 Å². The van der Waals surface area contributed by atoms with Crippen LogP contribution in [-0.4, -0.2) is 34.3 Å². The normalized spacial score (nSPS) is 16.8. The number of likely N-dealkylation sites (tertiary alicyclic amines) is 1. The third-order valence-corrected chi connectivity index (χ3v) is 6.57. The quantitative estimate of drug-likeness (QED) is 0.569. The highest BCUT2D eigenvalue weighted by Gasteiger charge is 2.41. The van der Waals surface area contributed by atoms with Gasteiger partial charge in [-0.3, -0.25) is 14.6 Å². The van der Waals surface area contributed by atoms with Crippen molar-refractivity contribution in [1.29, 1.82) is 0 Å². The summed E-state index contributed by atoms with van der Waals surface area (Å²) in [4.78, 5) is 31.9. The van der Waals surface area contributed by atoms with Crippen molar-refractivity contribution in [2.75, 3.05) is 11.9 Å². The van der Waals surface area contributed by atoms with Gasteiger partial charge in [-0.25, -0.2) is 4.39 Å². The van der Waals surface area contributed by atoms with Crippen molar-refractivity contribution in [2.45, 2.75) is 44.2 Å². The maximum absolute atomic E-state index is 13.5. The van der Waals surface area contributed by atoms with Gasteiger partial charge >= 0.3 is 0 Å². The molecule has 7 heteroatoms. The van der Waals surface area contributed by atoms with Crippen molar-refractivity contribution in [2.24, 2.45) is 5.73 Å². The number of anilines is 1. The van der Waals surface area contributed by atoms with Gasteiger partial charge < -0.3 is 16.0 Å². The van der Waals surface area contributed by atoms with Gasteiger partial charge in [0, 0.05) is 30.2 Å². The number of nitrogens with two attached hydrogens (primary N) is 1. The van der Waals surface area contributed by atoms with Crippen LogP contribution >= 0.6 is 0 Å². The minimum atomic E-state index is -0.801. The van der Waals surface area contributed by atoms with Crippen LogP contribution in [0.1, 0.15) is 54.2 Å². The molecule has 6 nitrogen and oxygen atoms in total. The molecule has 0 unspecified atom stereocenters. The molecular weight excluding hydrogens is 431 g/mol. The summed E-state index contributed by atoms with van der Waals surface area (Å²) >= 11 is 0. The van der Waals surface area contributed by atoms with E-state index in [0.29, 0.717) is 17.8 Å². The number of amides is 2. The largest absolute Gasteiger partial charge is 0.337 e. The SMILES string of the molecule is CC(C)(C(=O)N1CCC[C@H]1[C@@H](N)c1ccc(C(=O)Nc2ccncc2)cc1)c1ccc(F)cc1. The number of pyridine rings is 1. The molecule has 1 aliphatic heterocycles. The number of hydrogen-bond donors (Lipinski definition) is 2. The van der Waals surface area contributed by atoms with Crippen LogP contribution in [0.2, 0.25) is 0 Å². The third-order valence-electron chi connectivity index (χ3n) is 6.57. The molecule has 34 heavy (non-hydrogen) atoms. The molecule has 3 N–H and O–H groups in total. The minimum Gasteiger partial charge on any atom is -0.337 e. The molecule has 4 rings (SSSR count). The Morgan fingerprint density at radius 3 is 2.35 bits per heavy atom. The zero-order valence-corrected chi connectivity index (χ0v) is 19.4. The van der Waals surface area contributed by atoms with Crippen LogP contribution in [0.4, 0.5) is 10.1 Å². The van der Waals surface area contributed by atoms with Crippen LogP contribution in [0.25, 0.3) is 0 Å². The second kappa shape index (κ2) is 9.73. The lowest BCUT2D eigenvalue weighted by atomic mass is 9.82. The molecular formula is C27H29FN4O2. The Labute approximate surface area is 199 Å². The molecule has 0 saturated carbocycles. The molecule has 0 radical (unpaired) electrons. The number of benzene rings is 2. The highest BCUT2D eigenvalue weighted by Crippen LogP contribution is 2.34. The Morgan fingerprint density at radius 2 is 1.71 bits per heavy atom. The molecule has 3 aromatic rings. The second-order valence-corrected chi connectivity index (χ2v) is 9.18. The van der Waals surface area contributed by atoms with Gasteiger partial charge in [0.15, 0.2) is 0 Å². The van der Waals surface area contributed by atoms with E-state index in [0.717, 1.165) is 24.0 Å². The van der Waals surface area contributed by atoms with Gasteiger partial charge in [-0.15, -0.1) is 0 Å². The molecule has 1 fully saturated rings. The fourth-order valence-corrected chi connectivity index (χ4v) is 4.48. The van der Waals surface area contributed by atoms with E-state index in [-0.39, 0.29) is 29.7 Å². The van der Waals surface area contributed by atoms with Gasteiger partial charge in [-0.1, -0.05) is 24.3 Å². The topological polar surface area (TPSA) is 88.3 Å². The molecule has 0 spiro atoms. The maximum Gasteiger partial charge on any atom is 0.255 e. The fraction of sp³-hybridized carbons (Fsp3) is 0.296. The summed E-state index contributed by atoms with van der Waals surface area (Å²) in [6.07, 6.45) is 4.90. The Balaban J connectivity index is 1.47. The third kappa shape index (κ3) is 4.84. The molecule has 176 valence electrons. The van der Waals surface area contributed by atoms with Crippen LogP contribution in [0.15, 0.2) is 73.1 Å². The number of halogens is 1. The van der Waals surface area contributed by atoms with Crippen molar-refractivity contribution in [3.63, 3.8) is 0 Å². The van der Waals surface area contributed by atoms with E-state index in [4.69, 9.17) is 5.73 Å². The number of carbonyl (C=O) groups excluding carboxylic acids is 2. The lowest BCUT2D eigenvalue weighted by molar-refractivity contribution is -0.137. The fourth-order valence-electron chi connectivity index (χ4n) is 4.48. The monoisotopic (exact) mass is 460 g/mol. The van der Waals surface area contributed by atoms with Crippen LogP contribution in [0, 0.1) is 5.82 Å². The van der Waals surface area contributed by atoms with Gasteiger partial charge in [0.1, 0.15) is 5.82 Å². The Morgan fingerprint density at radius 1 is 1.06 bits per heavy atom. The first-order chi connectivity index (χ1) is 16.3. The average molecular weight is 461 g/mol. The first-order valence-corrected chi connectivity index (χ1v) is 11.4. The average Bonchev–Trinajstić information content (AvgIpc) is 3.34. The molecule has 1 saturated heterocycles. The van der Waals surface area contributed by atoms with E-state index in [1.807, 2.05) is 30.9 Å². The number of carbonyl (C=O) groups is 2. The summed E-state index contributed by atoms with van der Waals surface area (Å²) in [5.74, 6) is -0.568. The summed E-state index contributed by atoms with van der Waals surface area (Å²) in [7, 11) is 0. The van der Waals surface area contributed by atoms with Crippen molar-refractivity contribution < 1.29 is 14.0 Å². The smallest absolute Gasteiger partial charge is 0.255 e. The molecule has 0 aliphatic carbocycles. The molecule has 2 amide bonds. The van der Waals surface area contributed by atoms with E-state index in [9.17, 15) is 14.0 Å². The van der Waals surface area contributed by atoms with Gasteiger partial charge in [0.2, 0.25) is 5.91 Å². The summed E-state index contributed by atoms with van der Waals surface area (Å²) in [5.41, 5.74) is 8.65. The molecule has 0 bridgehead atoms. The molecule has 2 aromatic carbocycles. The summed E-state index contributed by atoms with van der Waals surface area (Å²) in [6, 6.07) is 16.2. The lowest BCUT2D eigenvalue weighted by Crippen LogP contribution is -2.49. The Hall–Kier alpha value is -3.58. The van der Waals surface area contributed by atoms with Crippen molar-refractivity contribution in [3.05, 3.63) is 95.6 Å². The minimum absolute atomic E-state index is 0.0228. The number of aromatic nitrogens is 1. The summed E-state index contributed by atoms with van der Waals surface area (Å²) < 4.78 is 13.4. The summed E-state index contributed by atoms with van der Waals surface area (Å²) in [5, 5.41) is 2.83. The second-order valence-electron chi connectivity index (χ2n) is 9.18. The zero-order chi connectivity index (χ0) is 24.3. The Bertz CT molecular complexity index is 1150. The van der Waals surface area contributed by atoms with Gasteiger partial charge in [-0.05, 0) is 74.2 Å². The molecule has 2 heterocycles. The number of nitrogens with zero attached hydrogens (tertiary/aromatic N) is 2. The molecule has 1 aliphatic rings. The lowest BCUT2D eigenvalue weighted by Gasteiger charge is -2.36. The van der Waals surface area contributed by atoms with Gasteiger partial charge in [0.05, 0.1) is 17.5 Å². The van der Waals surface area contributed by atoms with Crippen LogP contribution in [-0.2, 0) is 10.2 Å². The van der Waals surface area contributed by atoms with Crippen LogP contribution in [0.5, 0.6) is 0 Å². The van der Waals surface area contributed by atoms with E-state index in [1.165, 1.54) is 12.1 Å². The number of rotatable bonds is 6. The highest BCUT2D eigenvalue weighted by atomic mass is 19.1. The standard InChI is InChI=1S/C27H29FN4O2/c1-27(2,20-9-11-21(28)12-10-20)26(34)32-17-3-4-23(32)24(29)18-5-7-19(8-6-18)25(33)31-22-13-15-30-16-14-22/h5-16,23-24H,3-4,17,29H2,1-2H3,(H,30,31,33)/t23-,24-/m0/s1. The number of nitrogens with one attached hydrogen (secondary N) is 1. The zero-order valence-electron chi connectivity index (χ0n) is 19.4. The van der Waals surface area contributed by atoms with Crippen molar-refractivity contribution in [3.8, 4) is 0 Å². The van der Waals surface area contributed by atoms with Crippen molar-refractivity contribution in [1.82, 2.24) is 9.88 Å². The van der Waals surface area contributed by atoms with Crippen LogP contribution in [0.3, 0.4) is 0 Å². The van der Waals surface area contributed by atoms with Gasteiger partial charge in [-0.2, -0.15) is 0 Å². The van der Waals surface area contributed by atoms with E-state index >= 15 is 0 Å². The maximum atomic E-state index is 13.5. The predicted octanol–water partition coefficient (Wildman–Crippen LogP) is 4.44. The summed E-state index contributed by atoms with van der Waals surface area (Å²) in [6.45, 7) is 4.35. The van der Waals surface area contributed by atoms with E-state index < -0.39 is 5.41 Å². The number of hydrogen-bond acceptors (Lipinski definition) is 4. The Kier molecular flexibility index (Phi) is 6.75. The molecule has 2 atom stereocenters. The highest BCUT2D eigenvalue weighted by molar-refractivity contribution is 6.04.